The number of hydrogen-bond acceptors (Lipinski definition) is 3. The van der Waals surface area contributed by atoms with E-state index in [1.807, 2.05) is 24.3 Å². The van der Waals surface area contributed by atoms with Crippen molar-refractivity contribution in [2.75, 3.05) is 7.11 Å². The Morgan fingerprint density at radius 3 is 2.27 bits per heavy atom. The number of methoxy groups -OCH3 is 1. The Bertz CT molecular complexity index is 363. The summed E-state index contributed by atoms with van der Waals surface area (Å²) in [6.07, 6.45) is 1.83. The van der Waals surface area contributed by atoms with Gasteiger partial charge < -0.3 is 9.47 Å². The number of carbonyl (C=O) groups is 1. The summed E-state index contributed by atoms with van der Waals surface area (Å²) in [5.41, 5.74) is 0.705. The molecule has 0 spiro atoms. The molecule has 0 amide bonds. The Kier molecular flexibility index (Phi) is 2.39. The smallest absolute Gasteiger partial charge is 0.303 e. The van der Waals surface area contributed by atoms with Crippen LogP contribution < -0.4 is 4.74 Å². The maximum absolute atomic E-state index is 10.9. The van der Waals surface area contributed by atoms with Gasteiger partial charge in [-0.2, -0.15) is 0 Å². The summed E-state index contributed by atoms with van der Waals surface area (Å²) in [7, 11) is 1.63. The fourth-order valence-electron chi connectivity index (χ4n) is 1.73. The maximum atomic E-state index is 10.9. The highest BCUT2D eigenvalue weighted by Crippen LogP contribution is 2.49. The van der Waals surface area contributed by atoms with Crippen molar-refractivity contribution in [3.63, 3.8) is 0 Å². The van der Waals surface area contributed by atoms with Crippen molar-refractivity contribution in [2.45, 2.75) is 25.4 Å². The molecule has 0 bridgehead atoms. The van der Waals surface area contributed by atoms with Gasteiger partial charge in [0.15, 0.2) is 0 Å². The van der Waals surface area contributed by atoms with Crippen molar-refractivity contribution in [1.29, 1.82) is 0 Å². The van der Waals surface area contributed by atoms with Gasteiger partial charge in [0.2, 0.25) is 0 Å². The van der Waals surface area contributed by atoms with Crippen molar-refractivity contribution in [2.24, 2.45) is 0 Å². The molecule has 2 rings (SSSR count). The minimum Gasteiger partial charge on any atom is -0.497 e. The van der Waals surface area contributed by atoms with E-state index in [1.165, 1.54) is 6.92 Å². The zero-order valence-corrected chi connectivity index (χ0v) is 8.95. The molecule has 1 aliphatic rings. The predicted molar refractivity (Wildman–Crippen MR) is 55.7 cm³/mol. The molecule has 0 unspecified atom stereocenters. The quantitative estimate of drug-likeness (QED) is 0.711. The lowest BCUT2D eigenvalue weighted by molar-refractivity contribution is -0.149. The van der Waals surface area contributed by atoms with Gasteiger partial charge >= 0.3 is 5.97 Å². The summed E-state index contributed by atoms with van der Waals surface area (Å²) in [6.45, 7) is 1.45. The second-order valence-corrected chi connectivity index (χ2v) is 3.82. The first-order valence-electron chi connectivity index (χ1n) is 5.00. The van der Waals surface area contributed by atoms with Crippen LogP contribution in [-0.2, 0) is 15.1 Å². The first-order chi connectivity index (χ1) is 7.16. The van der Waals surface area contributed by atoms with E-state index in [1.54, 1.807) is 7.11 Å². The molecule has 3 heteroatoms. The Labute approximate surface area is 89.0 Å². The van der Waals surface area contributed by atoms with Crippen LogP contribution in [0.2, 0.25) is 0 Å². The molecule has 0 radical (unpaired) electrons. The summed E-state index contributed by atoms with van der Waals surface area (Å²) < 4.78 is 10.4. The Balaban J connectivity index is 2.18. The van der Waals surface area contributed by atoms with Gasteiger partial charge in [-0.3, -0.25) is 4.79 Å². The summed E-state index contributed by atoms with van der Waals surface area (Å²) >= 11 is 0. The van der Waals surface area contributed by atoms with E-state index in [0.717, 1.165) is 24.2 Å². The summed E-state index contributed by atoms with van der Waals surface area (Å²) in [6, 6.07) is 7.68. The number of ether oxygens (including phenoxy) is 2. The van der Waals surface area contributed by atoms with Gasteiger partial charge in [-0.15, -0.1) is 0 Å². The third-order valence-electron chi connectivity index (χ3n) is 2.66. The van der Waals surface area contributed by atoms with Gasteiger partial charge in [0, 0.05) is 6.92 Å². The van der Waals surface area contributed by atoms with Gasteiger partial charge in [0.25, 0.3) is 0 Å². The minimum atomic E-state index is -0.349. The molecule has 1 saturated carbocycles. The van der Waals surface area contributed by atoms with Gasteiger partial charge in [0.1, 0.15) is 11.4 Å². The number of benzene rings is 1. The molecule has 15 heavy (non-hydrogen) atoms. The molecule has 0 atom stereocenters. The molecular formula is C12H14O3. The third-order valence-corrected chi connectivity index (χ3v) is 2.66. The van der Waals surface area contributed by atoms with Crippen LogP contribution in [0.5, 0.6) is 5.75 Å². The average Bonchev–Trinajstić information content (AvgIpc) is 2.98. The Hall–Kier alpha value is -1.51. The van der Waals surface area contributed by atoms with Crippen LogP contribution in [0.25, 0.3) is 0 Å². The summed E-state index contributed by atoms with van der Waals surface area (Å²) in [5.74, 6) is 0.598. The minimum absolute atomic E-state index is 0.219. The van der Waals surface area contributed by atoms with Crippen LogP contribution >= 0.6 is 0 Å². The highest BCUT2D eigenvalue weighted by Gasteiger charge is 2.47. The lowest BCUT2D eigenvalue weighted by Gasteiger charge is -2.15. The van der Waals surface area contributed by atoms with E-state index < -0.39 is 0 Å². The van der Waals surface area contributed by atoms with Crippen LogP contribution in [0.15, 0.2) is 24.3 Å². The van der Waals surface area contributed by atoms with Crippen molar-refractivity contribution in [3.8, 4) is 5.75 Å². The van der Waals surface area contributed by atoms with Crippen LogP contribution in [0.4, 0.5) is 0 Å². The molecule has 80 valence electrons. The topological polar surface area (TPSA) is 35.5 Å². The summed E-state index contributed by atoms with van der Waals surface area (Å²) in [4.78, 5) is 10.9. The maximum Gasteiger partial charge on any atom is 0.303 e. The van der Waals surface area contributed by atoms with Crippen molar-refractivity contribution in [3.05, 3.63) is 29.8 Å². The SMILES string of the molecule is COc1ccc(C2(OC(C)=O)CC2)cc1. The molecule has 1 aromatic rings. The van der Waals surface area contributed by atoms with Crippen molar-refractivity contribution in [1.82, 2.24) is 0 Å². The molecule has 0 saturated heterocycles. The standard InChI is InChI=1S/C12H14O3/c1-9(13)15-12(7-8-12)10-3-5-11(14-2)6-4-10/h3-6H,7-8H2,1-2H3. The zero-order chi connectivity index (χ0) is 10.9. The van der Waals surface area contributed by atoms with E-state index in [4.69, 9.17) is 9.47 Å². The lowest BCUT2D eigenvalue weighted by atomic mass is 10.1. The normalized spacial score (nSPS) is 16.9. The highest BCUT2D eigenvalue weighted by molar-refractivity contribution is 5.67. The largest absolute Gasteiger partial charge is 0.497 e. The van der Waals surface area contributed by atoms with Gasteiger partial charge in [-0.1, -0.05) is 12.1 Å². The number of rotatable bonds is 3. The Morgan fingerprint density at radius 1 is 1.27 bits per heavy atom. The van der Waals surface area contributed by atoms with Crippen LogP contribution in [0.1, 0.15) is 25.3 Å². The highest BCUT2D eigenvalue weighted by atomic mass is 16.6. The van der Waals surface area contributed by atoms with Gasteiger partial charge in [-0.05, 0) is 30.5 Å². The molecule has 1 fully saturated rings. The number of carbonyl (C=O) groups excluding carboxylic acids is 1. The fourth-order valence-corrected chi connectivity index (χ4v) is 1.73. The van der Waals surface area contributed by atoms with E-state index in [0.29, 0.717) is 0 Å². The molecule has 0 aromatic heterocycles. The number of hydrogen-bond donors (Lipinski definition) is 0. The summed E-state index contributed by atoms with van der Waals surface area (Å²) in [5, 5.41) is 0. The first kappa shape index (κ1) is 10.0. The molecular weight excluding hydrogens is 192 g/mol. The molecule has 1 aromatic carbocycles. The van der Waals surface area contributed by atoms with Crippen LogP contribution in [0, 0.1) is 0 Å². The molecule has 1 aliphatic carbocycles. The predicted octanol–water partition coefficient (Wildman–Crippen LogP) is 2.25. The lowest BCUT2D eigenvalue weighted by Crippen LogP contribution is -2.15. The van der Waals surface area contributed by atoms with Crippen molar-refractivity contribution < 1.29 is 14.3 Å². The third kappa shape index (κ3) is 1.96. The zero-order valence-electron chi connectivity index (χ0n) is 8.95. The second-order valence-electron chi connectivity index (χ2n) is 3.82. The monoisotopic (exact) mass is 206 g/mol. The van der Waals surface area contributed by atoms with Gasteiger partial charge in [-0.25, -0.2) is 0 Å². The molecule has 0 N–H and O–H groups in total. The molecule has 0 heterocycles. The van der Waals surface area contributed by atoms with E-state index in [2.05, 4.69) is 0 Å². The van der Waals surface area contributed by atoms with Gasteiger partial charge in [0.05, 0.1) is 7.11 Å². The van der Waals surface area contributed by atoms with E-state index >= 15 is 0 Å². The first-order valence-corrected chi connectivity index (χ1v) is 5.00. The fraction of sp³-hybridized carbons (Fsp3) is 0.417. The second kappa shape index (κ2) is 3.57. The average molecular weight is 206 g/mol. The van der Waals surface area contributed by atoms with Crippen LogP contribution in [0.3, 0.4) is 0 Å². The van der Waals surface area contributed by atoms with Crippen LogP contribution in [-0.4, -0.2) is 13.1 Å². The molecule has 0 aliphatic heterocycles. The van der Waals surface area contributed by atoms with Crippen molar-refractivity contribution >= 4 is 5.97 Å². The van der Waals surface area contributed by atoms with E-state index in [9.17, 15) is 4.79 Å². The van der Waals surface area contributed by atoms with E-state index in [-0.39, 0.29) is 11.6 Å². The molecule has 3 nitrogen and oxygen atoms in total. The number of esters is 1. The Morgan fingerprint density at radius 2 is 1.87 bits per heavy atom.